The number of hydrogen-bond donors (Lipinski definition) is 1. The van der Waals surface area contributed by atoms with Gasteiger partial charge in [0.15, 0.2) is 0 Å². The average Bonchev–Trinajstić information content (AvgIpc) is 3.51. The number of aliphatic carboxylic acids is 1. The molecule has 1 aromatic carbocycles. The van der Waals surface area contributed by atoms with Crippen LogP contribution in [0.15, 0.2) is 53.9 Å². The maximum absolute atomic E-state index is 10.7. The van der Waals surface area contributed by atoms with Gasteiger partial charge in [-0.15, -0.1) is 11.3 Å². The summed E-state index contributed by atoms with van der Waals surface area (Å²) >= 11 is 1.77. The van der Waals surface area contributed by atoms with E-state index in [0.29, 0.717) is 31.1 Å². The molecule has 2 heterocycles. The molecule has 2 fully saturated rings. The number of carbonyl (C=O) groups is 1. The van der Waals surface area contributed by atoms with Crippen LogP contribution < -0.4 is 0 Å². The van der Waals surface area contributed by atoms with Gasteiger partial charge in [-0.25, -0.2) is 0 Å². The molecule has 5 heteroatoms. The number of likely N-dealkylation sites (tertiary alicyclic amines) is 1. The Bertz CT molecular complexity index is 871. The number of nitrogens with zero attached hydrogens (tertiary/aromatic N) is 1. The lowest BCUT2D eigenvalue weighted by molar-refractivity contribution is -0.136. The summed E-state index contributed by atoms with van der Waals surface area (Å²) in [4.78, 5) is 14.7. The molecule has 0 amide bonds. The summed E-state index contributed by atoms with van der Waals surface area (Å²) in [5, 5.41) is 10.9. The van der Waals surface area contributed by atoms with Gasteiger partial charge in [-0.1, -0.05) is 48.9 Å². The van der Waals surface area contributed by atoms with Crippen molar-refractivity contribution in [3.05, 3.63) is 59.5 Å². The molecule has 0 spiro atoms. The van der Waals surface area contributed by atoms with Gasteiger partial charge >= 0.3 is 5.97 Å². The summed E-state index contributed by atoms with van der Waals surface area (Å²) in [6.07, 6.45) is 13.8. The maximum Gasteiger partial charge on any atom is 0.303 e. The highest BCUT2D eigenvalue weighted by molar-refractivity contribution is 7.13. The van der Waals surface area contributed by atoms with Crippen molar-refractivity contribution in [2.45, 2.75) is 76.5 Å². The number of piperidine rings is 1. The molecule has 3 atom stereocenters. The Balaban J connectivity index is 1.33. The smallest absolute Gasteiger partial charge is 0.303 e. The molecule has 1 aliphatic heterocycles. The SMILES string of the molecule is O=C(O)CC/C=C/CCC1C(OCc2ccc(-c3cccs3)cc2)CCC1N1CCCCC1. The van der Waals surface area contributed by atoms with E-state index in [2.05, 4.69) is 52.8 Å². The molecule has 0 bridgehead atoms. The fraction of sp³-hybridized carbons (Fsp3) is 0.536. The summed E-state index contributed by atoms with van der Waals surface area (Å²) in [6, 6.07) is 13.7. The van der Waals surface area contributed by atoms with Gasteiger partial charge in [-0.05, 0) is 80.6 Å². The third-order valence-electron chi connectivity index (χ3n) is 7.16. The zero-order valence-electron chi connectivity index (χ0n) is 19.5. The number of ether oxygens (including phenoxy) is 1. The molecular formula is C28H37NO3S. The first-order chi connectivity index (χ1) is 16.2. The zero-order valence-corrected chi connectivity index (χ0v) is 20.3. The topological polar surface area (TPSA) is 49.8 Å². The van der Waals surface area contributed by atoms with E-state index in [4.69, 9.17) is 9.84 Å². The average molecular weight is 468 g/mol. The summed E-state index contributed by atoms with van der Waals surface area (Å²) in [7, 11) is 0. The quantitative estimate of drug-likeness (QED) is 0.371. The predicted octanol–water partition coefficient (Wildman–Crippen LogP) is 6.77. The first kappa shape index (κ1) is 24.2. The molecule has 1 saturated carbocycles. The minimum absolute atomic E-state index is 0.216. The van der Waals surface area contributed by atoms with Crippen LogP contribution in [0.3, 0.4) is 0 Å². The third kappa shape index (κ3) is 7.02. The van der Waals surface area contributed by atoms with Gasteiger partial charge in [-0.2, -0.15) is 0 Å². The van der Waals surface area contributed by atoms with Gasteiger partial charge in [0.05, 0.1) is 12.7 Å². The molecule has 33 heavy (non-hydrogen) atoms. The lowest BCUT2D eigenvalue weighted by Crippen LogP contribution is -2.43. The molecule has 1 aromatic heterocycles. The molecule has 178 valence electrons. The Labute approximate surface area is 202 Å². The Hall–Kier alpha value is -1.95. The van der Waals surface area contributed by atoms with E-state index in [1.165, 1.54) is 54.8 Å². The van der Waals surface area contributed by atoms with Crippen LogP contribution in [-0.2, 0) is 16.1 Å². The predicted molar refractivity (Wildman–Crippen MR) is 136 cm³/mol. The van der Waals surface area contributed by atoms with Crippen molar-refractivity contribution >= 4 is 17.3 Å². The first-order valence-corrected chi connectivity index (χ1v) is 13.4. The van der Waals surface area contributed by atoms with Crippen molar-refractivity contribution in [1.82, 2.24) is 4.90 Å². The second-order valence-electron chi connectivity index (χ2n) is 9.41. The van der Waals surface area contributed by atoms with Crippen molar-refractivity contribution in [1.29, 1.82) is 0 Å². The van der Waals surface area contributed by atoms with E-state index in [-0.39, 0.29) is 6.42 Å². The molecule has 4 nitrogen and oxygen atoms in total. The number of thiophene rings is 1. The molecule has 0 radical (unpaired) electrons. The van der Waals surface area contributed by atoms with Crippen LogP contribution in [-0.4, -0.2) is 41.2 Å². The molecular weight excluding hydrogens is 430 g/mol. The molecule has 3 unspecified atom stereocenters. The molecule has 1 N–H and O–H groups in total. The van der Waals surface area contributed by atoms with Crippen LogP contribution in [0.1, 0.15) is 63.4 Å². The maximum atomic E-state index is 10.7. The molecule has 1 aliphatic carbocycles. The van der Waals surface area contributed by atoms with Crippen molar-refractivity contribution in [3.8, 4) is 10.4 Å². The van der Waals surface area contributed by atoms with E-state index in [1.807, 2.05) is 6.08 Å². The van der Waals surface area contributed by atoms with Crippen LogP contribution in [0.2, 0.25) is 0 Å². The van der Waals surface area contributed by atoms with Crippen LogP contribution >= 0.6 is 11.3 Å². The third-order valence-corrected chi connectivity index (χ3v) is 8.08. The number of carboxylic acids is 1. The van der Waals surface area contributed by atoms with Crippen LogP contribution in [0.4, 0.5) is 0 Å². The van der Waals surface area contributed by atoms with E-state index in [0.717, 1.165) is 19.3 Å². The van der Waals surface area contributed by atoms with Crippen molar-refractivity contribution in [2.75, 3.05) is 13.1 Å². The highest BCUT2D eigenvalue weighted by atomic mass is 32.1. The van der Waals surface area contributed by atoms with Crippen LogP contribution in [0.5, 0.6) is 0 Å². The second kappa shape index (κ2) is 12.5. The Morgan fingerprint density at radius 3 is 2.58 bits per heavy atom. The monoisotopic (exact) mass is 467 g/mol. The molecule has 1 saturated heterocycles. The van der Waals surface area contributed by atoms with Crippen LogP contribution in [0, 0.1) is 5.92 Å². The number of benzene rings is 1. The highest BCUT2D eigenvalue weighted by Crippen LogP contribution is 2.37. The first-order valence-electron chi connectivity index (χ1n) is 12.6. The summed E-state index contributed by atoms with van der Waals surface area (Å²) in [6.45, 7) is 3.13. The van der Waals surface area contributed by atoms with Crippen molar-refractivity contribution < 1.29 is 14.6 Å². The number of carboxylic acid groups (broad SMARTS) is 1. The summed E-state index contributed by atoms with van der Waals surface area (Å²) in [5.41, 5.74) is 2.51. The van der Waals surface area contributed by atoms with E-state index in [1.54, 1.807) is 11.3 Å². The van der Waals surface area contributed by atoms with Gasteiger partial charge < -0.3 is 14.7 Å². The standard InChI is InChI=1S/C28H37NO3S/c30-28(31)11-5-2-1-4-9-24-25(29-18-6-3-7-19-29)16-17-26(24)32-21-22-12-14-23(15-13-22)27-10-8-20-33-27/h1-2,8,10,12-15,20,24-26H,3-7,9,11,16-19,21H2,(H,30,31)/b2-1+. The van der Waals surface area contributed by atoms with Gasteiger partial charge in [0.2, 0.25) is 0 Å². The molecule has 2 aliphatic rings. The minimum atomic E-state index is -0.725. The van der Waals surface area contributed by atoms with E-state index < -0.39 is 5.97 Å². The number of rotatable bonds is 11. The van der Waals surface area contributed by atoms with Crippen molar-refractivity contribution in [3.63, 3.8) is 0 Å². The zero-order chi connectivity index (χ0) is 22.9. The molecule has 2 aromatic rings. The lowest BCUT2D eigenvalue weighted by Gasteiger charge is -2.37. The summed E-state index contributed by atoms with van der Waals surface area (Å²) < 4.78 is 6.54. The Morgan fingerprint density at radius 1 is 1.06 bits per heavy atom. The Morgan fingerprint density at radius 2 is 1.85 bits per heavy atom. The second-order valence-corrected chi connectivity index (χ2v) is 10.4. The van der Waals surface area contributed by atoms with Crippen molar-refractivity contribution in [2.24, 2.45) is 5.92 Å². The van der Waals surface area contributed by atoms with Gasteiger partial charge in [0.25, 0.3) is 0 Å². The number of allylic oxidation sites excluding steroid dienone is 2. The van der Waals surface area contributed by atoms with Gasteiger partial charge in [-0.3, -0.25) is 4.79 Å². The largest absolute Gasteiger partial charge is 0.481 e. The number of hydrogen-bond acceptors (Lipinski definition) is 4. The highest BCUT2D eigenvalue weighted by Gasteiger charge is 2.39. The van der Waals surface area contributed by atoms with Crippen LogP contribution in [0.25, 0.3) is 10.4 Å². The minimum Gasteiger partial charge on any atom is -0.481 e. The van der Waals surface area contributed by atoms with E-state index in [9.17, 15) is 4.79 Å². The fourth-order valence-corrected chi connectivity index (χ4v) is 6.18. The molecule has 4 rings (SSSR count). The van der Waals surface area contributed by atoms with Gasteiger partial charge in [0, 0.05) is 23.3 Å². The Kier molecular flexibility index (Phi) is 9.16. The normalized spacial score (nSPS) is 23.9. The lowest BCUT2D eigenvalue weighted by atomic mass is 9.93. The fourth-order valence-electron chi connectivity index (χ4n) is 5.44. The van der Waals surface area contributed by atoms with Gasteiger partial charge in [0.1, 0.15) is 0 Å². The summed E-state index contributed by atoms with van der Waals surface area (Å²) in [5.74, 6) is -0.171. The van der Waals surface area contributed by atoms with E-state index >= 15 is 0 Å².